The molecule has 170 valence electrons. The molecule has 1 aliphatic rings. The van der Waals surface area contributed by atoms with E-state index in [1.54, 1.807) is 12.3 Å². The van der Waals surface area contributed by atoms with Gasteiger partial charge in [0.2, 0.25) is 0 Å². The topological polar surface area (TPSA) is 69.5 Å². The third kappa shape index (κ3) is 3.70. The largest absolute Gasteiger partial charge is 0.465 e. The highest BCUT2D eigenvalue weighted by molar-refractivity contribution is 6.37. The summed E-state index contributed by atoms with van der Waals surface area (Å²) in [6, 6.07) is 9.50. The summed E-state index contributed by atoms with van der Waals surface area (Å²) in [6.07, 6.45) is 2.23. The lowest BCUT2D eigenvalue weighted by Gasteiger charge is -2.29. The first-order valence-corrected chi connectivity index (χ1v) is 11.5. The molecule has 9 heteroatoms. The molecule has 5 rings (SSSR count). The van der Waals surface area contributed by atoms with E-state index in [1.807, 2.05) is 35.8 Å². The summed E-state index contributed by atoms with van der Waals surface area (Å²) in [5.74, 6) is 0.333. The van der Waals surface area contributed by atoms with E-state index in [0.29, 0.717) is 46.3 Å². The Kier molecular flexibility index (Phi) is 5.86. The molecule has 0 amide bonds. The number of imidazole rings is 1. The number of anilines is 1. The van der Waals surface area contributed by atoms with Gasteiger partial charge in [-0.15, -0.1) is 0 Å². The molecule has 0 N–H and O–H groups in total. The number of carbonyl (C=O) groups is 1. The summed E-state index contributed by atoms with van der Waals surface area (Å²) in [5.41, 5.74) is 4.04. The van der Waals surface area contributed by atoms with Crippen LogP contribution in [0, 0.1) is 0 Å². The second-order valence-corrected chi connectivity index (χ2v) is 8.57. The van der Waals surface area contributed by atoms with Crippen molar-refractivity contribution in [2.45, 2.75) is 13.3 Å². The Morgan fingerprint density at radius 1 is 1.15 bits per heavy atom. The van der Waals surface area contributed by atoms with Gasteiger partial charge < -0.3 is 14.4 Å². The molecule has 0 atom stereocenters. The molecule has 1 fully saturated rings. The van der Waals surface area contributed by atoms with E-state index in [4.69, 9.17) is 37.7 Å². The summed E-state index contributed by atoms with van der Waals surface area (Å²) < 4.78 is 12.6. The van der Waals surface area contributed by atoms with Gasteiger partial charge in [0.15, 0.2) is 0 Å². The molecular weight excluding hydrogens is 463 g/mol. The minimum Gasteiger partial charge on any atom is -0.465 e. The predicted octanol–water partition coefficient (Wildman–Crippen LogP) is 5.07. The number of halogens is 2. The van der Waals surface area contributed by atoms with E-state index in [0.717, 1.165) is 41.2 Å². The average Bonchev–Trinajstić information content (AvgIpc) is 3.21. The molecule has 7 nitrogen and oxygen atoms in total. The molecule has 0 aliphatic carbocycles. The number of fused-ring (bicyclic) bond motifs is 2. The number of morpholine rings is 1. The summed E-state index contributed by atoms with van der Waals surface area (Å²) in [4.78, 5) is 24.2. The van der Waals surface area contributed by atoms with Gasteiger partial charge in [0.25, 0.3) is 0 Å². The van der Waals surface area contributed by atoms with E-state index in [-0.39, 0.29) is 0 Å². The zero-order chi connectivity index (χ0) is 23.1. The molecule has 0 spiro atoms. The second-order valence-electron chi connectivity index (χ2n) is 7.76. The zero-order valence-corrected chi connectivity index (χ0v) is 19.8. The Labute approximate surface area is 200 Å². The molecule has 3 heterocycles. The first-order chi connectivity index (χ1) is 16.0. The maximum absolute atomic E-state index is 12.8. The van der Waals surface area contributed by atoms with Crippen LogP contribution in [0.2, 0.25) is 10.0 Å². The third-order valence-electron chi connectivity index (χ3n) is 5.91. The monoisotopic (exact) mass is 484 g/mol. The number of aromatic nitrogens is 3. The maximum atomic E-state index is 12.8. The summed E-state index contributed by atoms with van der Waals surface area (Å²) >= 11 is 13.2. The fraction of sp³-hybridized carbons (Fsp3) is 0.292. The van der Waals surface area contributed by atoms with Crippen molar-refractivity contribution in [3.8, 4) is 5.69 Å². The Bertz CT molecular complexity index is 1380. The molecule has 2 aromatic carbocycles. The van der Waals surface area contributed by atoms with E-state index in [2.05, 4.69) is 9.88 Å². The number of rotatable bonds is 4. The summed E-state index contributed by atoms with van der Waals surface area (Å²) in [5, 5.41) is 1.81. The number of hydrogen-bond acceptors (Lipinski definition) is 6. The quantitative estimate of drug-likeness (QED) is 0.376. The Morgan fingerprint density at radius 2 is 1.94 bits per heavy atom. The Morgan fingerprint density at radius 3 is 2.67 bits per heavy atom. The fourth-order valence-electron chi connectivity index (χ4n) is 4.34. The van der Waals surface area contributed by atoms with Gasteiger partial charge in [0.1, 0.15) is 11.3 Å². The molecule has 0 bridgehead atoms. The van der Waals surface area contributed by atoms with Crippen LogP contribution in [0.25, 0.3) is 27.6 Å². The third-order valence-corrected chi connectivity index (χ3v) is 6.49. The number of hydrogen-bond donors (Lipinski definition) is 0. The van der Waals surface area contributed by atoms with Crippen LogP contribution in [0.3, 0.4) is 0 Å². The van der Waals surface area contributed by atoms with Crippen molar-refractivity contribution in [2.75, 3.05) is 38.3 Å². The first-order valence-electron chi connectivity index (χ1n) is 10.7. The van der Waals surface area contributed by atoms with Crippen molar-refractivity contribution in [3.63, 3.8) is 0 Å². The van der Waals surface area contributed by atoms with Gasteiger partial charge >= 0.3 is 5.97 Å². The highest BCUT2D eigenvalue weighted by Gasteiger charge is 2.24. The minimum absolute atomic E-state index is 0.414. The molecule has 2 aromatic heterocycles. The van der Waals surface area contributed by atoms with Gasteiger partial charge in [-0.05, 0) is 18.2 Å². The van der Waals surface area contributed by atoms with E-state index in [9.17, 15) is 4.79 Å². The van der Waals surface area contributed by atoms with Crippen molar-refractivity contribution in [1.29, 1.82) is 0 Å². The van der Waals surface area contributed by atoms with Crippen LogP contribution in [0.1, 0.15) is 23.1 Å². The van der Waals surface area contributed by atoms with Crippen LogP contribution in [-0.4, -0.2) is 53.9 Å². The second kappa shape index (κ2) is 8.82. The minimum atomic E-state index is -0.434. The van der Waals surface area contributed by atoms with Crippen LogP contribution < -0.4 is 4.90 Å². The van der Waals surface area contributed by atoms with Crippen LogP contribution in [0.5, 0.6) is 0 Å². The highest BCUT2D eigenvalue weighted by atomic mass is 35.5. The van der Waals surface area contributed by atoms with E-state index >= 15 is 0 Å². The van der Waals surface area contributed by atoms with Gasteiger partial charge in [0, 0.05) is 36.8 Å². The van der Waals surface area contributed by atoms with Crippen molar-refractivity contribution in [2.24, 2.45) is 0 Å². The number of nitrogens with zero attached hydrogens (tertiary/aromatic N) is 4. The number of para-hydroxylation sites is 1. The lowest BCUT2D eigenvalue weighted by atomic mass is 10.1. The normalized spacial score (nSPS) is 14.2. The average molecular weight is 485 g/mol. The molecule has 0 radical (unpaired) electrons. The molecule has 33 heavy (non-hydrogen) atoms. The Hall–Kier alpha value is -2.87. The number of methoxy groups -OCH3 is 1. The lowest BCUT2D eigenvalue weighted by molar-refractivity contribution is 0.0603. The van der Waals surface area contributed by atoms with Crippen molar-refractivity contribution in [1.82, 2.24) is 14.5 Å². The number of carbonyl (C=O) groups excluding carboxylic acids is 1. The predicted molar refractivity (Wildman–Crippen MR) is 130 cm³/mol. The molecular formula is C24H22Cl2N4O3. The summed E-state index contributed by atoms with van der Waals surface area (Å²) in [6.45, 7) is 4.74. The van der Waals surface area contributed by atoms with Gasteiger partial charge in [-0.1, -0.05) is 42.3 Å². The molecule has 0 unspecified atom stereocenters. The first kappa shape index (κ1) is 21.9. The highest BCUT2D eigenvalue weighted by Crippen LogP contribution is 2.37. The van der Waals surface area contributed by atoms with Crippen LogP contribution in [0.15, 0.2) is 36.5 Å². The number of aryl methyl sites for hydroxylation is 1. The maximum Gasteiger partial charge on any atom is 0.340 e. The van der Waals surface area contributed by atoms with Crippen molar-refractivity contribution < 1.29 is 14.3 Å². The van der Waals surface area contributed by atoms with Crippen molar-refractivity contribution >= 4 is 56.8 Å². The molecule has 4 aromatic rings. The van der Waals surface area contributed by atoms with Crippen LogP contribution in [0.4, 0.5) is 5.69 Å². The molecule has 0 saturated carbocycles. The number of esters is 1. The van der Waals surface area contributed by atoms with Gasteiger partial charge in [0.05, 0.1) is 52.7 Å². The summed E-state index contributed by atoms with van der Waals surface area (Å²) in [7, 11) is 1.38. The van der Waals surface area contributed by atoms with Gasteiger partial charge in [-0.2, -0.15) is 0 Å². The van der Waals surface area contributed by atoms with Crippen molar-refractivity contribution in [3.05, 3.63) is 58.0 Å². The van der Waals surface area contributed by atoms with Gasteiger partial charge in [-0.25, -0.2) is 9.78 Å². The van der Waals surface area contributed by atoms with Crippen LogP contribution >= 0.6 is 23.2 Å². The lowest BCUT2D eigenvalue weighted by Crippen LogP contribution is -2.36. The number of benzene rings is 2. The molecule has 1 saturated heterocycles. The SMILES string of the molecule is CCc1nc2c(C(=O)OC)cc(N3CCOCC3)cc2n1-c1c(Cl)cnc2c(Cl)cccc12. The smallest absolute Gasteiger partial charge is 0.340 e. The standard InChI is InChI=1S/C24H22Cl2N4O3/c1-3-20-28-22-16(24(31)32-2)11-14(29-7-9-33-10-8-29)12-19(22)30(20)23-15-5-4-6-17(25)21(15)27-13-18(23)26/h4-6,11-13H,3,7-10H2,1-2H3. The van der Waals surface area contributed by atoms with E-state index < -0.39 is 5.97 Å². The Balaban J connectivity index is 1.87. The van der Waals surface area contributed by atoms with Gasteiger partial charge in [-0.3, -0.25) is 9.55 Å². The van der Waals surface area contributed by atoms with Crippen LogP contribution in [-0.2, 0) is 15.9 Å². The zero-order valence-electron chi connectivity index (χ0n) is 18.3. The fourth-order valence-corrected chi connectivity index (χ4v) is 4.80. The van der Waals surface area contributed by atoms with E-state index in [1.165, 1.54) is 7.11 Å². The number of pyridine rings is 1. The number of ether oxygens (including phenoxy) is 2. The molecule has 1 aliphatic heterocycles.